The van der Waals surface area contributed by atoms with Gasteiger partial charge in [0.05, 0.1) is 0 Å². The van der Waals surface area contributed by atoms with Crippen molar-refractivity contribution in [3.63, 3.8) is 0 Å². The van der Waals surface area contributed by atoms with E-state index in [2.05, 4.69) is 0 Å². The van der Waals surface area contributed by atoms with Gasteiger partial charge < -0.3 is 24.8 Å². The standard InChI is InChI=1S/C16H12O6/c1-7-4-11(19)13-12(5-7)22-16(15(21)14(13)20)8-2-3-9(17)10(18)6-8/h2-6,17-19,21H,1H3. The van der Waals surface area contributed by atoms with Crippen molar-refractivity contribution in [2.24, 2.45) is 0 Å². The maximum atomic E-state index is 12.2. The highest BCUT2D eigenvalue weighted by molar-refractivity contribution is 5.87. The Balaban J connectivity index is 2.38. The van der Waals surface area contributed by atoms with E-state index in [-0.39, 0.29) is 33.8 Å². The molecule has 0 amide bonds. The van der Waals surface area contributed by atoms with Crippen molar-refractivity contribution in [1.82, 2.24) is 0 Å². The number of aromatic hydroxyl groups is 4. The van der Waals surface area contributed by atoms with Gasteiger partial charge in [0, 0.05) is 5.56 Å². The van der Waals surface area contributed by atoms with E-state index in [9.17, 15) is 25.2 Å². The number of fused-ring (bicyclic) bond motifs is 1. The molecule has 22 heavy (non-hydrogen) atoms. The van der Waals surface area contributed by atoms with E-state index < -0.39 is 16.9 Å². The second-order valence-electron chi connectivity index (χ2n) is 4.97. The van der Waals surface area contributed by atoms with Gasteiger partial charge in [-0.1, -0.05) is 0 Å². The number of phenols is 3. The van der Waals surface area contributed by atoms with Crippen LogP contribution in [-0.4, -0.2) is 20.4 Å². The molecule has 0 radical (unpaired) electrons. The van der Waals surface area contributed by atoms with Crippen LogP contribution in [0.1, 0.15) is 5.56 Å². The minimum atomic E-state index is -0.777. The lowest BCUT2D eigenvalue weighted by atomic mass is 10.1. The fraction of sp³-hybridized carbons (Fsp3) is 0.0625. The Hall–Kier alpha value is -3.15. The normalized spacial score (nSPS) is 11.0. The summed E-state index contributed by atoms with van der Waals surface area (Å²) in [5.74, 6) is -1.86. The number of benzene rings is 2. The van der Waals surface area contributed by atoms with Crippen LogP contribution in [0.3, 0.4) is 0 Å². The molecule has 4 N–H and O–H groups in total. The lowest BCUT2D eigenvalue weighted by molar-refractivity contribution is 0.403. The molecule has 0 bridgehead atoms. The third-order valence-corrected chi connectivity index (χ3v) is 3.33. The molecular formula is C16H12O6. The zero-order valence-electron chi connectivity index (χ0n) is 11.5. The largest absolute Gasteiger partial charge is 0.507 e. The summed E-state index contributed by atoms with van der Waals surface area (Å²) in [6, 6.07) is 6.70. The molecule has 0 atom stereocenters. The Morgan fingerprint density at radius 3 is 2.32 bits per heavy atom. The van der Waals surface area contributed by atoms with Gasteiger partial charge >= 0.3 is 0 Å². The topological polar surface area (TPSA) is 111 Å². The van der Waals surface area contributed by atoms with Gasteiger partial charge in [0.2, 0.25) is 11.2 Å². The van der Waals surface area contributed by atoms with Crippen LogP contribution in [0.2, 0.25) is 0 Å². The van der Waals surface area contributed by atoms with Gasteiger partial charge in [-0.15, -0.1) is 0 Å². The van der Waals surface area contributed by atoms with Crippen LogP contribution in [-0.2, 0) is 0 Å². The van der Waals surface area contributed by atoms with Crippen molar-refractivity contribution in [3.8, 4) is 34.3 Å². The summed E-state index contributed by atoms with van der Waals surface area (Å²) in [5, 5.41) is 38.6. The molecule has 112 valence electrons. The summed E-state index contributed by atoms with van der Waals surface area (Å²) in [5.41, 5.74) is 0.232. The molecule has 0 fully saturated rings. The van der Waals surface area contributed by atoms with E-state index >= 15 is 0 Å². The predicted molar refractivity (Wildman–Crippen MR) is 79.3 cm³/mol. The fourth-order valence-corrected chi connectivity index (χ4v) is 2.28. The molecule has 1 heterocycles. The van der Waals surface area contributed by atoms with Crippen LogP contribution in [0, 0.1) is 6.92 Å². The van der Waals surface area contributed by atoms with Gasteiger partial charge in [0.15, 0.2) is 17.3 Å². The number of aryl methyl sites for hydroxylation is 1. The first-order valence-electron chi connectivity index (χ1n) is 6.40. The van der Waals surface area contributed by atoms with E-state index in [1.807, 2.05) is 0 Å². The lowest BCUT2D eigenvalue weighted by Crippen LogP contribution is -2.03. The number of hydrogen-bond acceptors (Lipinski definition) is 6. The minimum Gasteiger partial charge on any atom is -0.507 e. The Morgan fingerprint density at radius 1 is 0.909 bits per heavy atom. The third kappa shape index (κ3) is 2.01. The third-order valence-electron chi connectivity index (χ3n) is 3.33. The predicted octanol–water partition coefficient (Wildman–Crippen LogP) is 2.59. The molecule has 3 aromatic rings. The number of rotatable bonds is 1. The molecule has 0 saturated heterocycles. The van der Waals surface area contributed by atoms with Crippen LogP contribution in [0.4, 0.5) is 0 Å². The molecule has 0 spiro atoms. The molecule has 6 nitrogen and oxygen atoms in total. The van der Waals surface area contributed by atoms with Crippen LogP contribution in [0.25, 0.3) is 22.3 Å². The minimum absolute atomic E-state index is 0.114. The molecule has 0 aliphatic heterocycles. The van der Waals surface area contributed by atoms with Gasteiger partial charge in [0.1, 0.15) is 16.7 Å². The van der Waals surface area contributed by atoms with Crippen molar-refractivity contribution >= 4 is 11.0 Å². The fourth-order valence-electron chi connectivity index (χ4n) is 2.28. The molecule has 3 rings (SSSR count). The molecule has 1 aromatic heterocycles. The van der Waals surface area contributed by atoms with Gasteiger partial charge in [-0.3, -0.25) is 4.79 Å². The Morgan fingerprint density at radius 2 is 1.64 bits per heavy atom. The summed E-state index contributed by atoms with van der Waals surface area (Å²) in [6.07, 6.45) is 0. The zero-order valence-corrected chi connectivity index (χ0v) is 11.5. The van der Waals surface area contributed by atoms with E-state index in [0.717, 1.165) is 6.07 Å². The Kier molecular flexibility index (Phi) is 2.95. The first-order valence-corrected chi connectivity index (χ1v) is 6.40. The average molecular weight is 300 g/mol. The molecule has 0 aliphatic rings. The van der Waals surface area contributed by atoms with Crippen molar-refractivity contribution in [2.45, 2.75) is 6.92 Å². The maximum absolute atomic E-state index is 12.2. The molecule has 0 aliphatic carbocycles. The number of hydrogen-bond donors (Lipinski definition) is 4. The summed E-state index contributed by atoms with van der Waals surface area (Å²) in [7, 11) is 0. The Labute approximate surface area is 124 Å². The summed E-state index contributed by atoms with van der Waals surface area (Å²) in [4.78, 5) is 12.2. The van der Waals surface area contributed by atoms with E-state index in [4.69, 9.17) is 4.42 Å². The SMILES string of the molecule is Cc1cc(O)c2c(=O)c(O)c(-c3ccc(O)c(O)c3)oc2c1. The summed E-state index contributed by atoms with van der Waals surface area (Å²) in [6.45, 7) is 1.72. The van der Waals surface area contributed by atoms with Crippen LogP contribution >= 0.6 is 0 Å². The highest BCUT2D eigenvalue weighted by atomic mass is 16.4. The molecular weight excluding hydrogens is 288 g/mol. The van der Waals surface area contributed by atoms with Crippen LogP contribution < -0.4 is 5.43 Å². The average Bonchev–Trinajstić information content (AvgIpc) is 2.45. The monoisotopic (exact) mass is 300 g/mol. The highest BCUT2D eigenvalue weighted by Gasteiger charge is 2.18. The van der Waals surface area contributed by atoms with E-state index in [1.54, 1.807) is 13.0 Å². The maximum Gasteiger partial charge on any atom is 0.238 e. The lowest BCUT2D eigenvalue weighted by Gasteiger charge is -2.08. The molecule has 0 saturated carbocycles. The summed E-state index contributed by atoms with van der Waals surface area (Å²) >= 11 is 0. The van der Waals surface area contributed by atoms with Gasteiger partial charge in [0.25, 0.3) is 0 Å². The first-order chi connectivity index (χ1) is 10.4. The van der Waals surface area contributed by atoms with Crippen molar-refractivity contribution in [1.29, 1.82) is 0 Å². The van der Waals surface area contributed by atoms with Gasteiger partial charge in [-0.25, -0.2) is 0 Å². The van der Waals surface area contributed by atoms with Crippen molar-refractivity contribution in [3.05, 3.63) is 46.1 Å². The van der Waals surface area contributed by atoms with Gasteiger partial charge in [-0.05, 0) is 42.8 Å². The van der Waals surface area contributed by atoms with Crippen molar-refractivity contribution in [2.75, 3.05) is 0 Å². The Bertz CT molecular complexity index is 955. The molecule has 6 heteroatoms. The first kappa shape index (κ1) is 13.8. The number of phenolic OH excluding ortho intramolecular Hbond substituents is 3. The quantitative estimate of drug-likeness (QED) is 0.514. The second kappa shape index (κ2) is 4.70. The van der Waals surface area contributed by atoms with Gasteiger partial charge in [-0.2, -0.15) is 0 Å². The van der Waals surface area contributed by atoms with Crippen LogP contribution in [0.5, 0.6) is 23.0 Å². The second-order valence-corrected chi connectivity index (χ2v) is 4.97. The molecule has 0 unspecified atom stereocenters. The van der Waals surface area contributed by atoms with Crippen LogP contribution in [0.15, 0.2) is 39.5 Å². The van der Waals surface area contributed by atoms with Crippen molar-refractivity contribution < 1.29 is 24.8 Å². The van der Waals surface area contributed by atoms with E-state index in [0.29, 0.717) is 5.56 Å². The zero-order chi connectivity index (χ0) is 16.0. The smallest absolute Gasteiger partial charge is 0.238 e. The summed E-state index contributed by atoms with van der Waals surface area (Å²) < 4.78 is 5.51. The highest BCUT2D eigenvalue weighted by Crippen LogP contribution is 2.36. The molecule has 2 aromatic carbocycles. The van der Waals surface area contributed by atoms with E-state index in [1.165, 1.54) is 18.2 Å².